The Bertz CT molecular complexity index is 344. The minimum Gasteiger partial charge on any atom is -0.382 e. The molecule has 2 heteroatoms. The average Bonchev–Trinajstić information content (AvgIpc) is 2.11. The molecule has 1 fully saturated rings. The molecule has 0 radical (unpaired) electrons. The van der Waals surface area contributed by atoms with E-state index in [-0.39, 0.29) is 0 Å². The van der Waals surface area contributed by atoms with Gasteiger partial charge in [-0.2, -0.15) is 0 Å². The zero-order chi connectivity index (χ0) is 11.0. The van der Waals surface area contributed by atoms with Crippen molar-refractivity contribution in [1.82, 2.24) is 0 Å². The Labute approximate surface area is 100 Å². The molecule has 0 aliphatic heterocycles. The van der Waals surface area contributed by atoms with Gasteiger partial charge in [-0.15, -0.1) is 0 Å². The SMILES string of the molecule is Cc1cc(NC2CC(C)C2)cc(C)c1Br. The fourth-order valence-electron chi connectivity index (χ4n) is 2.29. The van der Waals surface area contributed by atoms with Crippen molar-refractivity contribution < 1.29 is 0 Å². The average molecular weight is 268 g/mol. The molecule has 1 nitrogen and oxygen atoms in total. The molecule has 1 saturated carbocycles. The van der Waals surface area contributed by atoms with Crippen LogP contribution in [0, 0.1) is 19.8 Å². The van der Waals surface area contributed by atoms with Gasteiger partial charge in [0.25, 0.3) is 0 Å². The maximum absolute atomic E-state index is 3.60. The van der Waals surface area contributed by atoms with Gasteiger partial charge in [0.2, 0.25) is 0 Å². The number of hydrogen-bond acceptors (Lipinski definition) is 1. The lowest BCUT2D eigenvalue weighted by molar-refractivity contribution is 0.309. The van der Waals surface area contributed by atoms with Gasteiger partial charge in [0.15, 0.2) is 0 Å². The predicted molar refractivity (Wildman–Crippen MR) is 69.4 cm³/mol. The summed E-state index contributed by atoms with van der Waals surface area (Å²) in [4.78, 5) is 0. The Morgan fingerprint density at radius 2 is 1.73 bits per heavy atom. The van der Waals surface area contributed by atoms with Gasteiger partial charge in [-0.1, -0.05) is 22.9 Å². The molecular formula is C13H18BrN. The van der Waals surface area contributed by atoms with Crippen molar-refractivity contribution in [3.8, 4) is 0 Å². The van der Waals surface area contributed by atoms with Crippen LogP contribution < -0.4 is 5.32 Å². The van der Waals surface area contributed by atoms with Crippen LogP contribution in [0.25, 0.3) is 0 Å². The monoisotopic (exact) mass is 267 g/mol. The van der Waals surface area contributed by atoms with Gasteiger partial charge in [0.1, 0.15) is 0 Å². The van der Waals surface area contributed by atoms with Gasteiger partial charge in [0.05, 0.1) is 0 Å². The molecule has 0 unspecified atom stereocenters. The zero-order valence-corrected chi connectivity index (χ0v) is 11.2. The maximum atomic E-state index is 3.60. The van der Waals surface area contributed by atoms with Crippen LogP contribution in [0.4, 0.5) is 5.69 Å². The normalized spacial score (nSPS) is 24.8. The predicted octanol–water partition coefficient (Wildman–Crippen LogP) is 4.28. The highest BCUT2D eigenvalue weighted by Crippen LogP contribution is 2.31. The molecule has 1 aliphatic rings. The van der Waals surface area contributed by atoms with Crippen molar-refractivity contribution in [3.63, 3.8) is 0 Å². The lowest BCUT2D eigenvalue weighted by Crippen LogP contribution is -2.33. The number of hydrogen-bond donors (Lipinski definition) is 1. The van der Waals surface area contributed by atoms with Gasteiger partial charge in [0, 0.05) is 16.2 Å². The smallest absolute Gasteiger partial charge is 0.0348 e. The van der Waals surface area contributed by atoms with Gasteiger partial charge in [-0.05, 0) is 55.9 Å². The minimum atomic E-state index is 0.694. The van der Waals surface area contributed by atoms with Crippen LogP contribution in [-0.2, 0) is 0 Å². The van der Waals surface area contributed by atoms with E-state index in [1.807, 2.05) is 0 Å². The molecule has 0 atom stereocenters. The zero-order valence-electron chi connectivity index (χ0n) is 9.60. The van der Waals surface area contributed by atoms with Crippen molar-refractivity contribution in [2.45, 2.75) is 39.7 Å². The highest BCUT2D eigenvalue weighted by Gasteiger charge is 2.24. The summed E-state index contributed by atoms with van der Waals surface area (Å²) in [6, 6.07) is 5.14. The second-order valence-electron chi connectivity index (χ2n) is 4.84. The molecule has 0 bridgehead atoms. The third-order valence-electron chi connectivity index (χ3n) is 3.18. The second-order valence-corrected chi connectivity index (χ2v) is 5.63. The van der Waals surface area contributed by atoms with Gasteiger partial charge < -0.3 is 5.32 Å². The van der Waals surface area contributed by atoms with Crippen LogP contribution >= 0.6 is 15.9 Å². The van der Waals surface area contributed by atoms with Gasteiger partial charge in [-0.3, -0.25) is 0 Å². The quantitative estimate of drug-likeness (QED) is 0.844. The molecule has 0 heterocycles. The molecule has 0 amide bonds. The van der Waals surface area contributed by atoms with E-state index in [0.717, 1.165) is 5.92 Å². The molecule has 1 aliphatic carbocycles. The summed E-state index contributed by atoms with van der Waals surface area (Å²) in [5.41, 5.74) is 3.89. The summed E-state index contributed by atoms with van der Waals surface area (Å²) in [7, 11) is 0. The fourth-order valence-corrected chi connectivity index (χ4v) is 2.51. The summed E-state index contributed by atoms with van der Waals surface area (Å²) in [6.45, 7) is 6.60. The molecule has 0 aromatic heterocycles. The first-order valence-corrected chi connectivity index (χ1v) is 6.39. The molecule has 15 heavy (non-hydrogen) atoms. The number of nitrogens with one attached hydrogen (secondary N) is 1. The Balaban J connectivity index is 2.09. The van der Waals surface area contributed by atoms with Crippen molar-refractivity contribution in [1.29, 1.82) is 0 Å². The van der Waals surface area contributed by atoms with Crippen molar-refractivity contribution in [3.05, 3.63) is 27.7 Å². The fraction of sp³-hybridized carbons (Fsp3) is 0.538. The van der Waals surface area contributed by atoms with Crippen molar-refractivity contribution >= 4 is 21.6 Å². The van der Waals surface area contributed by atoms with E-state index in [0.29, 0.717) is 6.04 Å². The number of anilines is 1. The molecule has 1 aromatic rings. The minimum absolute atomic E-state index is 0.694. The number of benzene rings is 1. The van der Waals surface area contributed by atoms with Gasteiger partial charge >= 0.3 is 0 Å². The second kappa shape index (κ2) is 4.17. The third kappa shape index (κ3) is 2.36. The van der Waals surface area contributed by atoms with Crippen LogP contribution in [-0.4, -0.2) is 6.04 Å². The van der Waals surface area contributed by atoms with Gasteiger partial charge in [-0.25, -0.2) is 0 Å². The molecular weight excluding hydrogens is 250 g/mol. The summed E-state index contributed by atoms with van der Waals surface area (Å²) in [5, 5.41) is 3.60. The Morgan fingerprint density at radius 1 is 1.20 bits per heavy atom. The lowest BCUT2D eigenvalue weighted by atomic mass is 9.82. The molecule has 1 aromatic carbocycles. The van der Waals surface area contributed by atoms with Crippen molar-refractivity contribution in [2.75, 3.05) is 5.32 Å². The molecule has 1 N–H and O–H groups in total. The standard InChI is InChI=1S/C13H18BrN/c1-8-4-11(5-8)15-12-6-9(2)13(14)10(3)7-12/h6-8,11,15H,4-5H2,1-3H3. The van der Waals surface area contributed by atoms with Crippen molar-refractivity contribution in [2.24, 2.45) is 5.92 Å². The first-order valence-electron chi connectivity index (χ1n) is 5.59. The Kier molecular flexibility index (Phi) is 3.06. The Hall–Kier alpha value is -0.500. The van der Waals surface area contributed by atoms with Crippen LogP contribution in [0.15, 0.2) is 16.6 Å². The van der Waals surface area contributed by atoms with E-state index in [2.05, 4.69) is 54.2 Å². The number of rotatable bonds is 2. The van der Waals surface area contributed by atoms with Crippen LogP contribution in [0.3, 0.4) is 0 Å². The Morgan fingerprint density at radius 3 is 2.20 bits per heavy atom. The van der Waals surface area contributed by atoms with Crippen LogP contribution in [0.1, 0.15) is 30.9 Å². The summed E-state index contributed by atoms with van der Waals surface area (Å²) in [5.74, 6) is 0.903. The molecule has 0 spiro atoms. The van der Waals surface area contributed by atoms with Crippen LogP contribution in [0.2, 0.25) is 0 Å². The van der Waals surface area contributed by atoms with E-state index in [4.69, 9.17) is 0 Å². The summed E-state index contributed by atoms with van der Waals surface area (Å²) >= 11 is 3.59. The first-order chi connectivity index (χ1) is 7.06. The largest absolute Gasteiger partial charge is 0.382 e. The number of aryl methyl sites for hydroxylation is 2. The van der Waals surface area contributed by atoms with E-state index in [1.165, 1.54) is 34.1 Å². The third-order valence-corrected chi connectivity index (χ3v) is 4.43. The highest BCUT2D eigenvalue weighted by molar-refractivity contribution is 9.10. The van der Waals surface area contributed by atoms with E-state index < -0.39 is 0 Å². The summed E-state index contributed by atoms with van der Waals surface area (Å²) < 4.78 is 1.23. The lowest BCUT2D eigenvalue weighted by Gasteiger charge is -2.34. The van der Waals surface area contributed by atoms with E-state index in [9.17, 15) is 0 Å². The maximum Gasteiger partial charge on any atom is 0.0348 e. The first kappa shape index (κ1) is 11.0. The highest BCUT2D eigenvalue weighted by atomic mass is 79.9. The molecule has 2 rings (SSSR count). The topological polar surface area (TPSA) is 12.0 Å². The molecule has 0 saturated heterocycles. The summed E-state index contributed by atoms with van der Waals surface area (Å²) in [6.07, 6.45) is 2.63. The van der Waals surface area contributed by atoms with E-state index in [1.54, 1.807) is 0 Å². The van der Waals surface area contributed by atoms with Crippen LogP contribution in [0.5, 0.6) is 0 Å². The number of halogens is 1. The van der Waals surface area contributed by atoms with E-state index >= 15 is 0 Å². The molecule has 82 valence electrons.